The third kappa shape index (κ3) is 2.26. The minimum absolute atomic E-state index is 0.195. The van der Waals surface area contributed by atoms with Crippen LogP contribution in [0.1, 0.15) is 30.6 Å². The van der Waals surface area contributed by atoms with Crippen LogP contribution in [0.4, 0.5) is 0 Å². The number of aliphatic carboxylic acids is 1. The average molecular weight is 287 g/mol. The van der Waals surface area contributed by atoms with Gasteiger partial charge in [-0.15, -0.1) is 0 Å². The molecular formula is C15H17N3O3. The third-order valence-corrected chi connectivity index (χ3v) is 3.92. The molecule has 6 nitrogen and oxygen atoms in total. The molecule has 3 rings (SSSR count). The standard InChI is InChI=1S/C15H17N3O3/c1-15(2)8-11(14(20)21)18(9-15)13(19)10-4-3-6-17-7-5-16-12(10)17/h3-7,11H,8-9H2,1-2H3,(H,20,21). The van der Waals surface area contributed by atoms with Crippen molar-refractivity contribution < 1.29 is 14.7 Å². The normalized spacial score (nSPS) is 20.9. The van der Waals surface area contributed by atoms with Gasteiger partial charge in [0.15, 0.2) is 0 Å². The van der Waals surface area contributed by atoms with Crippen LogP contribution < -0.4 is 0 Å². The van der Waals surface area contributed by atoms with Crippen molar-refractivity contribution in [3.8, 4) is 0 Å². The maximum Gasteiger partial charge on any atom is 0.326 e. The largest absolute Gasteiger partial charge is 0.480 e. The summed E-state index contributed by atoms with van der Waals surface area (Å²) in [5, 5.41) is 9.37. The van der Waals surface area contributed by atoms with Gasteiger partial charge in [-0.3, -0.25) is 4.79 Å². The van der Waals surface area contributed by atoms with E-state index in [9.17, 15) is 14.7 Å². The first-order valence-electron chi connectivity index (χ1n) is 6.84. The first-order chi connectivity index (χ1) is 9.89. The highest BCUT2D eigenvalue weighted by Crippen LogP contribution is 2.35. The van der Waals surface area contributed by atoms with Gasteiger partial charge in [0.25, 0.3) is 5.91 Å². The van der Waals surface area contributed by atoms with E-state index in [2.05, 4.69) is 4.98 Å². The van der Waals surface area contributed by atoms with Crippen LogP contribution in [0.3, 0.4) is 0 Å². The fourth-order valence-electron chi connectivity index (χ4n) is 2.97. The molecule has 1 amide bonds. The molecule has 21 heavy (non-hydrogen) atoms. The van der Waals surface area contributed by atoms with Gasteiger partial charge in [0.2, 0.25) is 0 Å². The van der Waals surface area contributed by atoms with Gasteiger partial charge in [0.05, 0.1) is 5.56 Å². The zero-order valence-corrected chi connectivity index (χ0v) is 12.0. The monoisotopic (exact) mass is 287 g/mol. The van der Waals surface area contributed by atoms with Crippen LogP contribution in [0.2, 0.25) is 0 Å². The molecule has 2 aromatic rings. The van der Waals surface area contributed by atoms with Gasteiger partial charge in [0, 0.05) is 25.1 Å². The van der Waals surface area contributed by atoms with Crippen molar-refractivity contribution in [3.63, 3.8) is 0 Å². The summed E-state index contributed by atoms with van der Waals surface area (Å²) >= 11 is 0. The van der Waals surface area contributed by atoms with Crippen molar-refractivity contribution >= 4 is 17.5 Å². The maximum absolute atomic E-state index is 12.8. The van der Waals surface area contributed by atoms with E-state index in [-0.39, 0.29) is 11.3 Å². The molecule has 1 N–H and O–H groups in total. The number of fused-ring (bicyclic) bond motifs is 1. The minimum Gasteiger partial charge on any atom is -0.480 e. The van der Waals surface area contributed by atoms with E-state index < -0.39 is 12.0 Å². The van der Waals surface area contributed by atoms with Gasteiger partial charge in [-0.2, -0.15) is 0 Å². The molecule has 6 heteroatoms. The summed E-state index contributed by atoms with van der Waals surface area (Å²) in [6.07, 6.45) is 5.65. The highest BCUT2D eigenvalue weighted by molar-refractivity contribution is 6.01. The fourth-order valence-corrected chi connectivity index (χ4v) is 2.97. The molecule has 1 aliphatic heterocycles. The molecule has 0 bridgehead atoms. The fraction of sp³-hybridized carbons (Fsp3) is 0.400. The van der Waals surface area contributed by atoms with E-state index in [4.69, 9.17) is 0 Å². The number of hydrogen-bond donors (Lipinski definition) is 1. The Balaban J connectivity index is 2.01. The summed E-state index contributed by atoms with van der Waals surface area (Å²) in [6.45, 7) is 4.39. The minimum atomic E-state index is -0.954. The Morgan fingerprint density at radius 2 is 2.14 bits per heavy atom. The summed E-state index contributed by atoms with van der Waals surface area (Å²) in [6, 6.07) is 2.68. The molecule has 1 atom stereocenters. The number of likely N-dealkylation sites (tertiary alicyclic amines) is 1. The Kier molecular flexibility index (Phi) is 2.97. The second-order valence-corrected chi connectivity index (χ2v) is 6.24. The SMILES string of the molecule is CC1(C)CC(C(=O)O)N(C(=O)c2cccn3ccnc23)C1. The van der Waals surface area contributed by atoms with Gasteiger partial charge >= 0.3 is 5.97 Å². The molecule has 1 fully saturated rings. The van der Waals surface area contributed by atoms with Crippen molar-refractivity contribution in [2.24, 2.45) is 5.41 Å². The Hall–Kier alpha value is -2.37. The second-order valence-electron chi connectivity index (χ2n) is 6.24. The summed E-state index contributed by atoms with van der Waals surface area (Å²) < 4.78 is 1.75. The number of carbonyl (C=O) groups excluding carboxylic acids is 1. The topological polar surface area (TPSA) is 74.9 Å². The average Bonchev–Trinajstić information content (AvgIpc) is 3.01. The Bertz CT molecular complexity index is 720. The van der Waals surface area contributed by atoms with E-state index in [1.54, 1.807) is 28.9 Å². The van der Waals surface area contributed by atoms with Gasteiger partial charge in [-0.05, 0) is 24.0 Å². The van der Waals surface area contributed by atoms with Crippen molar-refractivity contribution in [2.75, 3.05) is 6.54 Å². The number of hydrogen-bond acceptors (Lipinski definition) is 3. The molecule has 110 valence electrons. The lowest BCUT2D eigenvalue weighted by molar-refractivity contribution is -0.141. The number of carboxylic acid groups (broad SMARTS) is 1. The van der Waals surface area contributed by atoms with Crippen LogP contribution in [0.5, 0.6) is 0 Å². The Labute approximate surface area is 122 Å². The van der Waals surface area contributed by atoms with Crippen molar-refractivity contribution in [1.82, 2.24) is 14.3 Å². The van der Waals surface area contributed by atoms with Crippen LogP contribution in [-0.2, 0) is 4.79 Å². The second kappa shape index (κ2) is 4.58. The van der Waals surface area contributed by atoms with E-state index in [1.165, 1.54) is 4.90 Å². The third-order valence-electron chi connectivity index (χ3n) is 3.92. The van der Waals surface area contributed by atoms with Crippen LogP contribution in [-0.4, -0.2) is 43.9 Å². The van der Waals surface area contributed by atoms with Crippen LogP contribution >= 0.6 is 0 Å². The molecule has 1 unspecified atom stereocenters. The molecule has 0 aromatic carbocycles. The zero-order chi connectivity index (χ0) is 15.2. The zero-order valence-electron chi connectivity index (χ0n) is 12.0. The predicted molar refractivity (Wildman–Crippen MR) is 76.1 cm³/mol. The Morgan fingerprint density at radius 1 is 1.38 bits per heavy atom. The maximum atomic E-state index is 12.8. The van der Waals surface area contributed by atoms with Gasteiger partial charge < -0.3 is 14.4 Å². The number of imidazole rings is 1. The van der Waals surface area contributed by atoms with Crippen LogP contribution in [0.15, 0.2) is 30.7 Å². The number of pyridine rings is 1. The summed E-state index contributed by atoms with van der Waals surface area (Å²) in [4.78, 5) is 29.8. The highest BCUT2D eigenvalue weighted by Gasteiger charge is 2.44. The molecule has 0 radical (unpaired) electrons. The highest BCUT2D eigenvalue weighted by atomic mass is 16.4. The van der Waals surface area contributed by atoms with Crippen molar-refractivity contribution in [2.45, 2.75) is 26.3 Å². The summed E-state index contributed by atoms with van der Waals surface area (Å²) in [7, 11) is 0. The first-order valence-corrected chi connectivity index (χ1v) is 6.84. The van der Waals surface area contributed by atoms with E-state index >= 15 is 0 Å². The van der Waals surface area contributed by atoms with E-state index in [0.717, 1.165) is 0 Å². The number of rotatable bonds is 2. The number of carboxylic acids is 1. The summed E-state index contributed by atoms with van der Waals surface area (Å²) in [5.41, 5.74) is 0.793. The quantitative estimate of drug-likeness (QED) is 0.911. The molecule has 2 aromatic heterocycles. The van der Waals surface area contributed by atoms with E-state index in [0.29, 0.717) is 24.2 Å². The van der Waals surface area contributed by atoms with Crippen LogP contribution in [0.25, 0.3) is 5.65 Å². The molecule has 0 aliphatic carbocycles. The predicted octanol–water partition coefficient (Wildman–Crippen LogP) is 1.66. The molecule has 0 spiro atoms. The first kappa shape index (κ1) is 13.6. The molecule has 1 aliphatic rings. The molecule has 0 saturated carbocycles. The number of nitrogens with zero attached hydrogens (tertiary/aromatic N) is 3. The van der Waals surface area contributed by atoms with Gasteiger partial charge in [0.1, 0.15) is 11.7 Å². The molecule has 1 saturated heterocycles. The number of carbonyl (C=O) groups is 2. The van der Waals surface area contributed by atoms with Crippen LogP contribution in [0, 0.1) is 5.41 Å². The van der Waals surface area contributed by atoms with Crippen molar-refractivity contribution in [1.29, 1.82) is 0 Å². The summed E-state index contributed by atoms with van der Waals surface area (Å²) in [5.74, 6) is -1.23. The smallest absolute Gasteiger partial charge is 0.326 e. The van der Waals surface area contributed by atoms with E-state index in [1.807, 2.05) is 20.0 Å². The molecule has 3 heterocycles. The lowest BCUT2D eigenvalue weighted by Gasteiger charge is -2.22. The number of aromatic nitrogens is 2. The van der Waals surface area contributed by atoms with Crippen molar-refractivity contribution in [3.05, 3.63) is 36.3 Å². The Morgan fingerprint density at radius 3 is 2.86 bits per heavy atom. The lowest BCUT2D eigenvalue weighted by atomic mass is 9.91. The molecular weight excluding hydrogens is 270 g/mol. The lowest BCUT2D eigenvalue weighted by Crippen LogP contribution is -2.40. The van der Waals surface area contributed by atoms with Gasteiger partial charge in [-0.1, -0.05) is 13.8 Å². The van der Waals surface area contributed by atoms with Gasteiger partial charge in [-0.25, -0.2) is 9.78 Å². The number of amides is 1.